The van der Waals surface area contributed by atoms with Crippen molar-refractivity contribution in [1.29, 1.82) is 0 Å². The molecule has 3 rings (SSSR count). The molecular weight excluding hydrogens is 340 g/mol. The molecular formula is C18H17BrN2O. The second-order valence-corrected chi connectivity index (χ2v) is 6.22. The quantitative estimate of drug-likeness (QED) is 0.814. The first-order chi connectivity index (χ1) is 10.7. The molecule has 2 aromatic carbocycles. The van der Waals surface area contributed by atoms with Crippen LogP contribution in [-0.2, 0) is 11.2 Å². The zero-order chi connectivity index (χ0) is 15.4. The number of carbonyl (C=O) groups excluding carboxylic acids is 1. The Bertz CT molecular complexity index is 680. The van der Waals surface area contributed by atoms with E-state index in [0.717, 1.165) is 28.6 Å². The lowest BCUT2D eigenvalue weighted by Crippen LogP contribution is -2.33. The number of rotatable bonds is 4. The van der Waals surface area contributed by atoms with Gasteiger partial charge in [0.2, 0.25) is 5.91 Å². The molecule has 0 atom stereocenters. The smallest absolute Gasteiger partial charge is 0.243 e. The van der Waals surface area contributed by atoms with Gasteiger partial charge in [-0.3, -0.25) is 4.79 Å². The second kappa shape index (κ2) is 6.88. The summed E-state index contributed by atoms with van der Waals surface area (Å²) >= 11 is 3.43. The molecule has 1 heterocycles. The van der Waals surface area contributed by atoms with Crippen LogP contribution in [0.15, 0.2) is 64.2 Å². The van der Waals surface area contributed by atoms with E-state index >= 15 is 0 Å². The first-order valence-electron chi connectivity index (χ1n) is 7.40. The summed E-state index contributed by atoms with van der Waals surface area (Å²) < 4.78 is 1.06. The molecule has 0 unspecified atom stereocenters. The molecule has 1 aliphatic rings. The van der Waals surface area contributed by atoms with Gasteiger partial charge in [-0.05, 0) is 29.7 Å². The van der Waals surface area contributed by atoms with Gasteiger partial charge in [0.15, 0.2) is 0 Å². The van der Waals surface area contributed by atoms with Gasteiger partial charge in [-0.1, -0.05) is 58.4 Å². The van der Waals surface area contributed by atoms with Crippen LogP contribution in [0.4, 0.5) is 0 Å². The minimum atomic E-state index is 0.108. The van der Waals surface area contributed by atoms with E-state index in [1.807, 2.05) is 42.5 Å². The third-order valence-corrected chi connectivity index (χ3v) is 4.27. The fourth-order valence-corrected chi connectivity index (χ4v) is 2.76. The predicted molar refractivity (Wildman–Crippen MR) is 91.8 cm³/mol. The molecule has 4 heteroatoms. The van der Waals surface area contributed by atoms with Crippen molar-refractivity contribution >= 4 is 27.5 Å². The molecule has 0 aromatic heterocycles. The topological polar surface area (TPSA) is 32.7 Å². The van der Waals surface area contributed by atoms with Crippen LogP contribution in [0.5, 0.6) is 0 Å². The molecule has 112 valence electrons. The maximum Gasteiger partial charge on any atom is 0.243 e. The molecule has 22 heavy (non-hydrogen) atoms. The van der Waals surface area contributed by atoms with Crippen molar-refractivity contribution in [1.82, 2.24) is 5.01 Å². The number of halogens is 1. The van der Waals surface area contributed by atoms with E-state index < -0.39 is 0 Å². The summed E-state index contributed by atoms with van der Waals surface area (Å²) in [4.78, 5) is 12.1. The van der Waals surface area contributed by atoms with Gasteiger partial charge in [0.05, 0.1) is 5.71 Å². The van der Waals surface area contributed by atoms with E-state index in [4.69, 9.17) is 0 Å². The highest BCUT2D eigenvalue weighted by atomic mass is 79.9. The van der Waals surface area contributed by atoms with Crippen molar-refractivity contribution in [2.24, 2.45) is 5.10 Å². The fraction of sp³-hybridized carbons (Fsp3) is 0.222. The minimum absolute atomic E-state index is 0.108. The van der Waals surface area contributed by atoms with E-state index in [1.54, 1.807) is 5.01 Å². The summed E-state index contributed by atoms with van der Waals surface area (Å²) in [5.74, 6) is 0.108. The summed E-state index contributed by atoms with van der Waals surface area (Å²) in [6, 6.07) is 18.3. The lowest BCUT2D eigenvalue weighted by Gasteiger charge is -2.23. The number of benzene rings is 2. The van der Waals surface area contributed by atoms with Gasteiger partial charge in [0, 0.05) is 23.9 Å². The summed E-state index contributed by atoms with van der Waals surface area (Å²) in [6.45, 7) is 0.622. The van der Waals surface area contributed by atoms with Gasteiger partial charge >= 0.3 is 0 Å². The predicted octanol–water partition coefficient (Wildman–Crippen LogP) is 4.02. The van der Waals surface area contributed by atoms with E-state index in [-0.39, 0.29) is 5.91 Å². The summed E-state index contributed by atoms with van der Waals surface area (Å²) in [6.07, 6.45) is 2.07. The molecule has 0 saturated heterocycles. The van der Waals surface area contributed by atoms with Crippen molar-refractivity contribution in [3.63, 3.8) is 0 Å². The number of nitrogens with zero attached hydrogens (tertiary/aromatic N) is 2. The lowest BCUT2D eigenvalue weighted by molar-refractivity contribution is -0.131. The third kappa shape index (κ3) is 3.63. The minimum Gasteiger partial charge on any atom is -0.273 e. The first-order valence-corrected chi connectivity index (χ1v) is 8.19. The second-order valence-electron chi connectivity index (χ2n) is 5.31. The molecule has 2 aromatic rings. The van der Waals surface area contributed by atoms with Crippen molar-refractivity contribution in [2.45, 2.75) is 19.3 Å². The van der Waals surface area contributed by atoms with Crippen molar-refractivity contribution in [3.05, 3.63) is 70.2 Å². The summed E-state index contributed by atoms with van der Waals surface area (Å²) in [5, 5.41) is 6.18. The van der Waals surface area contributed by atoms with Gasteiger partial charge in [0.1, 0.15) is 0 Å². The van der Waals surface area contributed by atoms with E-state index in [1.165, 1.54) is 5.56 Å². The highest BCUT2D eigenvalue weighted by Crippen LogP contribution is 2.16. The fourth-order valence-electron chi connectivity index (χ4n) is 2.50. The van der Waals surface area contributed by atoms with Crippen molar-refractivity contribution in [2.75, 3.05) is 6.54 Å². The number of amides is 1. The Labute approximate surface area is 138 Å². The average molecular weight is 357 g/mol. The molecule has 0 bridgehead atoms. The summed E-state index contributed by atoms with van der Waals surface area (Å²) in [5.41, 5.74) is 3.30. The summed E-state index contributed by atoms with van der Waals surface area (Å²) in [7, 11) is 0. The van der Waals surface area contributed by atoms with Gasteiger partial charge < -0.3 is 0 Å². The molecule has 1 amide bonds. The van der Waals surface area contributed by atoms with Crippen LogP contribution < -0.4 is 0 Å². The highest BCUT2D eigenvalue weighted by molar-refractivity contribution is 9.10. The third-order valence-electron chi connectivity index (χ3n) is 3.74. The molecule has 0 spiro atoms. The maximum absolute atomic E-state index is 12.1. The zero-order valence-electron chi connectivity index (χ0n) is 12.2. The molecule has 3 nitrogen and oxygen atoms in total. The van der Waals surface area contributed by atoms with E-state index in [0.29, 0.717) is 13.0 Å². The monoisotopic (exact) mass is 356 g/mol. The Morgan fingerprint density at radius 3 is 2.45 bits per heavy atom. The van der Waals surface area contributed by atoms with Gasteiger partial charge in [-0.15, -0.1) is 0 Å². The average Bonchev–Trinajstić information content (AvgIpc) is 2.56. The molecule has 0 fully saturated rings. The van der Waals surface area contributed by atoms with E-state index in [9.17, 15) is 4.79 Å². The van der Waals surface area contributed by atoms with Gasteiger partial charge in [0.25, 0.3) is 0 Å². The van der Waals surface area contributed by atoms with Crippen LogP contribution in [-0.4, -0.2) is 23.2 Å². The SMILES string of the molecule is O=C1CCC(c2ccccc2)=NN1CCc1ccc(Br)cc1. The van der Waals surface area contributed by atoms with Crippen LogP contribution in [0.2, 0.25) is 0 Å². The van der Waals surface area contributed by atoms with Crippen LogP contribution in [0.25, 0.3) is 0 Å². The highest BCUT2D eigenvalue weighted by Gasteiger charge is 2.20. The molecule has 0 N–H and O–H groups in total. The van der Waals surface area contributed by atoms with Crippen LogP contribution in [0.1, 0.15) is 24.0 Å². The molecule has 1 aliphatic heterocycles. The number of carbonyl (C=O) groups is 1. The molecule has 0 radical (unpaired) electrons. The largest absolute Gasteiger partial charge is 0.273 e. The molecule has 0 aliphatic carbocycles. The number of hydrogen-bond acceptors (Lipinski definition) is 2. The number of hydrazone groups is 1. The maximum atomic E-state index is 12.1. The van der Waals surface area contributed by atoms with Crippen molar-refractivity contribution < 1.29 is 4.79 Å². The zero-order valence-corrected chi connectivity index (χ0v) is 13.8. The van der Waals surface area contributed by atoms with Crippen LogP contribution in [0.3, 0.4) is 0 Å². The Kier molecular flexibility index (Phi) is 4.68. The van der Waals surface area contributed by atoms with Crippen molar-refractivity contribution in [3.8, 4) is 0 Å². The van der Waals surface area contributed by atoms with Crippen LogP contribution >= 0.6 is 15.9 Å². The van der Waals surface area contributed by atoms with Gasteiger partial charge in [-0.2, -0.15) is 5.10 Å². The van der Waals surface area contributed by atoms with E-state index in [2.05, 4.69) is 33.2 Å². The lowest BCUT2D eigenvalue weighted by atomic mass is 10.0. The normalized spacial score (nSPS) is 14.9. The standard InChI is InChI=1S/C18H17BrN2O/c19-16-8-6-14(7-9-16)12-13-21-18(22)11-10-17(20-21)15-4-2-1-3-5-15/h1-9H,10-13H2. The number of hydrogen-bond donors (Lipinski definition) is 0. The Hall–Kier alpha value is -1.94. The Morgan fingerprint density at radius 2 is 1.73 bits per heavy atom. The van der Waals surface area contributed by atoms with Gasteiger partial charge in [-0.25, -0.2) is 5.01 Å². The molecule has 0 saturated carbocycles. The Morgan fingerprint density at radius 1 is 1.00 bits per heavy atom. The Balaban J connectivity index is 1.71. The van der Waals surface area contributed by atoms with Crippen LogP contribution in [0, 0.1) is 0 Å². The first kappa shape index (κ1) is 15.0.